The van der Waals surface area contributed by atoms with Gasteiger partial charge in [0, 0.05) is 6.07 Å². The number of nitro benzene ring substituents is 1. The normalized spacial score (nSPS) is 10.2. The van der Waals surface area contributed by atoms with Gasteiger partial charge >= 0.3 is 11.7 Å². The number of carbonyl (C=O) groups is 1. The number of carboxylic acids is 1. The van der Waals surface area contributed by atoms with Crippen LogP contribution in [0.2, 0.25) is 0 Å². The van der Waals surface area contributed by atoms with Gasteiger partial charge in [-0.2, -0.15) is 0 Å². The number of carboxylic acid groups (broad SMARTS) is 1. The molecule has 0 spiro atoms. The molecule has 0 fully saturated rings. The van der Waals surface area contributed by atoms with E-state index >= 15 is 0 Å². The highest BCUT2D eigenvalue weighted by molar-refractivity contribution is 9.10. The molecular weight excluding hydrogens is 349 g/mol. The third-order valence-corrected chi connectivity index (χ3v) is 3.17. The fourth-order valence-corrected chi connectivity index (χ4v) is 2.06. The van der Waals surface area contributed by atoms with Gasteiger partial charge in [0.2, 0.25) is 5.75 Å². The molecule has 0 unspecified atom stereocenters. The number of para-hydroxylation sites is 2. The van der Waals surface area contributed by atoms with Crippen LogP contribution in [0.15, 0.2) is 40.9 Å². The number of nitrogens with zero attached hydrogens (tertiary/aromatic N) is 1. The smallest absolute Gasteiger partial charge is 0.339 e. The monoisotopic (exact) mass is 355 g/mol. The second kappa shape index (κ2) is 5.88. The van der Waals surface area contributed by atoms with Crippen molar-refractivity contribution in [3.05, 3.63) is 62.4 Å². The van der Waals surface area contributed by atoms with Gasteiger partial charge in [0.25, 0.3) is 0 Å². The maximum absolute atomic E-state index is 13.8. The van der Waals surface area contributed by atoms with Crippen molar-refractivity contribution >= 4 is 27.6 Å². The minimum absolute atomic E-state index is 0.205. The molecule has 2 aromatic carbocycles. The molecule has 0 aliphatic rings. The van der Waals surface area contributed by atoms with Gasteiger partial charge in [-0.15, -0.1) is 0 Å². The Labute approximate surface area is 126 Å². The number of hydrogen-bond donors (Lipinski definition) is 1. The molecule has 2 aromatic rings. The molecular formula is C13H7BrFNO5. The molecule has 1 N–H and O–H groups in total. The lowest BCUT2D eigenvalue weighted by Gasteiger charge is -2.11. The summed E-state index contributed by atoms with van der Waals surface area (Å²) in [6, 6.07) is 7.40. The van der Waals surface area contributed by atoms with Gasteiger partial charge in [0.05, 0.1) is 9.40 Å². The number of benzene rings is 2. The van der Waals surface area contributed by atoms with E-state index in [-0.39, 0.29) is 10.2 Å². The largest absolute Gasteiger partial charge is 0.478 e. The Morgan fingerprint density at radius 1 is 1.24 bits per heavy atom. The standard InChI is InChI=1S/C13H7BrFNO5/c14-8-4-2-6-10(16(19)20)12(8)21-11-7(13(17)18)3-1-5-9(11)15/h1-6H,(H,17,18). The van der Waals surface area contributed by atoms with Gasteiger partial charge < -0.3 is 9.84 Å². The van der Waals surface area contributed by atoms with Gasteiger partial charge in [0.1, 0.15) is 5.56 Å². The highest BCUT2D eigenvalue weighted by Gasteiger charge is 2.23. The lowest BCUT2D eigenvalue weighted by molar-refractivity contribution is -0.385. The number of ether oxygens (including phenoxy) is 1. The van der Waals surface area contributed by atoms with E-state index in [2.05, 4.69) is 15.9 Å². The van der Waals surface area contributed by atoms with Crippen LogP contribution in [-0.4, -0.2) is 16.0 Å². The Morgan fingerprint density at radius 2 is 1.90 bits per heavy atom. The third-order valence-electron chi connectivity index (χ3n) is 2.54. The highest BCUT2D eigenvalue weighted by atomic mass is 79.9. The fourth-order valence-electron chi connectivity index (χ4n) is 1.63. The van der Waals surface area contributed by atoms with Gasteiger partial charge in [-0.1, -0.05) is 12.1 Å². The van der Waals surface area contributed by atoms with Crippen LogP contribution < -0.4 is 4.74 Å². The quantitative estimate of drug-likeness (QED) is 0.661. The zero-order chi connectivity index (χ0) is 15.6. The summed E-state index contributed by atoms with van der Waals surface area (Å²) in [5.74, 6) is -3.19. The zero-order valence-electron chi connectivity index (χ0n) is 10.2. The summed E-state index contributed by atoms with van der Waals surface area (Å²) in [5.41, 5.74) is -0.844. The van der Waals surface area contributed by atoms with Crippen LogP contribution in [0.1, 0.15) is 10.4 Å². The lowest BCUT2D eigenvalue weighted by Crippen LogP contribution is -2.03. The van der Waals surface area contributed by atoms with Crippen molar-refractivity contribution < 1.29 is 24.0 Å². The lowest BCUT2D eigenvalue weighted by atomic mass is 10.2. The molecule has 0 saturated carbocycles. The molecule has 0 aliphatic carbocycles. The first-order valence-corrected chi connectivity index (χ1v) is 6.33. The summed E-state index contributed by atoms with van der Waals surface area (Å²) >= 11 is 3.06. The minimum Gasteiger partial charge on any atom is -0.478 e. The van der Waals surface area contributed by atoms with Crippen LogP contribution in [0, 0.1) is 15.9 Å². The molecule has 0 radical (unpaired) electrons. The van der Waals surface area contributed by atoms with Crippen LogP contribution in [0.25, 0.3) is 0 Å². The highest BCUT2D eigenvalue weighted by Crippen LogP contribution is 2.39. The third kappa shape index (κ3) is 3.00. The van der Waals surface area contributed by atoms with E-state index in [4.69, 9.17) is 9.84 Å². The van der Waals surface area contributed by atoms with Crippen molar-refractivity contribution in [1.82, 2.24) is 0 Å². The number of aromatic carboxylic acids is 1. The van der Waals surface area contributed by atoms with E-state index in [1.807, 2.05) is 0 Å². The number of nitro groups is 1. The SMILES string of the molecule is O=C(O)c1cccc(F)c1Oc1c(Br)cccc1[N+](=O)[O-]. The van der Waals surface area contributed by atoms with Crippen molar-refractivity contribution in [2.75, 3.05) is 0 Å². The first-order valence-electron chi connectivity index (χ1n) is 5.54. The average molecular weight is 356 g/mol. The summed E-state index contributed by atoms with van der Waals surface area (Å²) in [4.78, 5) is 21.3. The molecule has 0 bridgehead atoms. The van der Waals surface area contributed by atoms with Crippen molar-refractivity contribution in [3.8, 4) is 11.5 Å². The van der Waals surface area contributed by atoms with Crippen molar-refractivity contribution in [1.29, 1.82) is 0 Å². The maximum Gasteiger partial charge on any atom is 0.339 e. The summed E-state index contributed by atoms with van der Waals surface area (Å²) in [6.45, 7) is 0. The molecule has 0 aromatic heterocycles. The second-order valence-electron chi connectivity index (χ2n) is 3.87. The molecule has 0 saturated heterocycles. The van der Waals surface area contributed by atoms with Gasteiger partial charge in [-0.25, -0.2) is 9.18 Å². The summed E-state index contributed by atoms with van der Waals surface area (Å²) in [6.07, 6.45) is 0. The Morgan fingerprint density at radius 3 is 2.52 bits per heavy atom. The van der Waals surface area contributed by atoms with Crippen molar-refractivity contribution in [2.45, 2.75) is 0 Å². The minimum atomic E-state index is -1.40. The summed E-state index contributed by atoms with van der Waals surface area (Å²) in [5, 5.41) is 20.0. The molecule has 21 heavy (non-hydrogen) atoms. The molecule has 6 nitrogen and oxygen atoms in total. The van der Waals surface area contributed by atoms with Crippen LogP contribution in [0.3, 0.4) is 0 Å². The Hall–Kier alpha value is -2.48. The van der Waals surface area contributed by atoms with E-state index in [9.17, 15) is 19.3 Å². The van der Waals surface area contributed by atoms with E-state index in [0.717, 1.165) is 12.1 Å². The fraction of sp³-hybridized carbons (Fsp3) is 0. The van der Waals surface area contributed by atoms with Crippen LogP contribution in [-0.2, 0) is 0 Å². The first kappa shape index (κ1) is 14.9. The second-order valence-corrected chi connectivity index (χ2v) is 4.72. The van der Waals surface area contributed by atoms with Crippen LogP contribution >= 0.6 is 15.9 Å². The van der Waals surface area contributed by atoms with E-state index in [0.29, 0.717) is 0 Å². The average Bonchev–Trinajstić information content (AvgIpc) is 2.42. The number of halogens is 2. The van der Waals surface area contributed by atoms with Crippen LogP contribution in [0.5, 0.6) is 11.5 Å². The molecule has 0 aliphatic heterocycles. The van der Waals surface area contributed by atoms with E-state index in [1.54, 1.807) is 0 Å². The molecule has 0 heterocycles. The van der Waals surface area contributed by atoms with Gasteiger partial charge in [-0.05, 0) is 34.1 Å². The first-order chi connectivity index (χ1) is 9.91. The molecule has 8 heteroatoms. The van der Waals surface area contributed by atoms with E-state index < -0.39 is 33.7 Å². The van der Waals surface area contributed by atoms with Gasteiger partial charge in [-0.3, -0.25) is 10.1 Å². The predicted molar refractivity (Wildman–Crippen MR) is 74.2 cm³/mol. The Kier molecular flexibility index (Phi) is 4.18. The number of hydrogen-bond acceptors (Lipinski definition) is 4. The molecule has 0 atom stereocenters. The van der Waals surface area contributed by atoms with Crippen molar-refractivity contribution in [2.24, 2.45) is 0 Å². The summed E-state index contributed by atoms with van der Waals surface area (Å²) < 4.78 is 19.2. The van der Waals surface area contributed by atoms with Crippen molar-refractivity contribution in [3.63, 3.8) is 0 Å². The molecule has 108 valence electrons. The predicted octanol–water partition coefficient (Wildman–Crippen LogP) is 3.99. The zero-order valence-corrected chi connectivity index (χ0v) is 11.8. The van der Waals surface area contributed by atoms with Crippen LogP contribution in [0.4, 0.5) is 10.1 Å². The maximum atomic E-state index is 13.8. The Balaban J connectivity index is 2.59. The molecule has 2 rings (SSSR count). The van der Waals surface area contributed by atoms with Gasteiger partial charge in [0.15, 0.2) is 11.6 Å². The molecule has 0 amide bonds. The van der Waals surface area contributed by atoms with E-state index in [1.165, 1.54) is 24.3 Å². The number of rotatable bonds is 4. The Bertz CT molecular complexity index is 673. The summed E-state index contributed by atoms with van der Waals surface area (Å²) in [7, 11) is 0. The topological polar surface area (TPSA) is 89.7 Å².